The number of nitro groups is 2. The molecule has 1 rings (SSSR count). The summed E-state index contributed by atoms with van der Waals surface area (Å²) >= 11 is 0. The van der Waals surface area contributed by atoms with Gasteiger partial charge >= 0.3 is 6.18 Å². The van der Waals surface area contributed by atoms with Gasteiger partial charge in [-0.05, 0) is 18.2 Å². The zero-order valence-electron chi connectivity index (χ0n) is 8.81. The van der Waals surface area contributed by atoms with Crippen LogP contribution in [0, 0.1) is 20.2 Å². The van der Waals surface area contributed by atoms with Crippen molar-refractivity contribution in [2.24, 2.45) is 0 Å². The zero-order valence-corrected chi connectivity index (χ0v) is 8.81. The molecule has 0 aromatic heterocycles. The first kappa shape index (κ1) is 13.9. The van der Waals surface area contributed by atoms with E-state index in [0.717, 1.165) is 6.07 Å². The molecule has 0 aliphatic rings. The minimum atomic E-state index is -4.70. The molecule has 18 heavy (non-hydrogen) atoms. The van der Waals surface area contributed by atoms with Gasteiger partial charge in [-0.1, -0.05) is 0 Å². The lowest BCUT2D eigenvalue weighted by atomic mass is 10.1. The molecule has 98 valence electrons. The molecular formula is C9H7F3N2O4. The van der Waals surface area contributed by atoms with Crippen molar-refractivity contribution in [3.8, 4) is 0 Å². The molecular weight excluding hydrogens is 257 g/mol. The summed E-state index contributed by atoms with van der Waals surface area (Å²) in [5.74, 6) is 0. The van der Waals surface area contributed by atoms with E-state index in [-0.39, 0.29) is 11.1 Å². The zero-order chi connectivity index (χ0) is 13.9. The van der Waals surface area contributed by atoms with Crippen LogP contribution in [0.4, 0.5) is 13.2 Å². The highest BCUT2D eigenvalue weighted by Crippen LogP contribution is 2.31. The van der Waals surface area contributed by atoms with Crippen LogP contribution in [0.5, 0.6) is 0 Å². The Labute approximate surface area is 98.3 Å². The second-order valence-electron chi connectivity index (χ2n) is 3.52. The first-order chi connectivity index (χ1) is 8.18. The average Bonchev–Trinajstić information content (AvgIpc) is 2.13. The van der Waals surface area contributed by atoms with E-state index in [9.17, 15) is 33.4 Å². The molecule has 1 aromatic rings. The molecule has 0 fully saturated rings. The van der Waals surface area contributed by atoms with E-state index in [1.54, 1.807) is 0 Å². The molecule has 0 spiro atoms. The van der Waals surface area contributed by atoms with E-state index in [1.165, 1.54) is 0 Å². The molecule has 0 bridgehead atoms. The average molecular weight is 264 g/mol. The van der Waals surface area contributed by atoms with E-state index >= 15 is 0 Å². The van der Waals surface area contributed by atoms with Gasteiger partial charge < -0.3 is 0 Å². The van der Waals surface area contributed by atoms with Crippen molar-refractivity contribution in [1.82, 2.24) is 0 Å². The highest BCUT2D eigenvalue weighted by Gasteiger charge is 2.31. The number of alkyl halides is 3. The SMILES string of the molecule is O=[N+]([O-])Cc1cc(C[N+](=O)[O-])cc(C(F)(F)F)c1. The molecule has 0 saturated carbocycles. The van der Waals surface area contributed by atoms with Crippen LogP contribution in [-0.2, 0) is 19.3 Å². The van der Waals surface area contributed by atoms with Crippen LogP contribution in [0.2, 0.25) is 0 Å². The van der Waals surface area contributed by atoms with Crippen molar-refractivity contribution < 1.29 is 23.0 Å². The van der Waals surface area contributed by atoms with Crippen molar-refractivity contribution in [3.63, 3.8) is 0 Å². The molecule has 0 radical (unpaired) electrons. The molecule has 0 atom stereocenters. The number of rotatable bonds is 4. The van der Waals surface area contributed by atoms with Crippen molar-refractivity contribution in [2.75, 3.05) is 0 Å². The van der Waals surface area contributed by atoms with Gasteiger partial charge in [-0.2, -0.15) is 13.2 Å². The largest absolute Gasteiger partial charge is 0.416 e. The van der Waals surface area contributed by atoms with Gasteiger partial charge in [-0.15, -0.1) is 0 Å². The third-order valence-corrected chi connectivity index (χ3v) is 2.00. The molecule has 0 aliphatic carbocycles. The van der Waals surface area contributed by atoms with Gasteiger partial charge in [0.25, 0.3) is 0 Å². The molecule has 0 N–H and O–H groups in total. The summed E-state index contributed by atoms with van der Waals surface area (Å²) in [5.41, 5.74) is -1.56. The first-order valence-electron chi connectivity index (χ1n) is 4.62. The van der Waals surface area contributed by atoms with Gasteiger partial charge in [0, 0.05) is 21.0 Å². The van der Waals surface area contributed by atoms with E-state index in [4.69, 9.17) is 0 Å². The summed E-state index contributed by atoms with van der Waals surface area (Å²) in [6.45, 7) is -1.62. The Morgan fingerprint density at radius 2 is 1.33 bits per heavy atom. The van der Waals surface area contributed by atoms with Crippen molar-refractivity contribution in [2.45, 2.75) is 19.3 Å². The monoisotopic (exact) mass is 264 g/mol. The summed E-state index contributed by atoms with van der Waals surface area (Å²) < 4.78 is 37.4. The maximum atomic E-state index is 12.5. The van der Waals surface area contributed by atoms with Gasteiger partial charge in [0.2, 0.25) is 13.1 Å². The van der Waals surface area contributed by atoms with Crippen molar-refractivity contribution in [3.05, 3.63) is 55.1 Å². The lowest BCUT2D eigenvalue weighted by Gasteiger charge is -2.09. The standard InChI is InChI=1S/C9H7F3N2O4/c10-9(11,12)8-2-6(4-13(15)16)1-7(3-8)5-14(17)18/h1-3H,4-5H2. The molecule has 0 aliphatic heterocycles. The molecule has 0 heterocycles. The number of nitrogens with zero attached hydrogens (tertiary/aromatic N) is 2. The summed E-state index contributed by atoms with van der Waals surface area (Å²) in [4.78, 5) is 18.9. The second-order valence-corrected chi connectivity index (χ2v) is 3.52. The number of halogens is 3. The van der Waals surface area contributed by atoms with E-state index < -0.39 is 34.7 Å². The predicted octanol–water partition coefficient (Wildman–Crippen LogP) is 2.26. The molecule has 0 unspecified atom stereocenters. The third kappa shape index (κ3) is 4.00. The normalized spacial score (nSPS) is 11.3. The first-order valence-corrected chi connectivity index (χ1v) is 4.62. The Bertz CT molecular complexity index is 453. The summed E-state index contributed by atoms with van der Waals surface area (Å²) in [6.07, 6.45) is -4.70. The van der Waals surface area contributed by atoms with Crippen molar-refractivity contribution in [1.29, 1.82) is 0 Å². The molecule has 0 saturated heterocycles. The molecule has 6 nitrogen and oxygen atoms in total. The van der Waals surface area contributed by atoms with Crippen LogP contribution in [0.3, 0.4) is 0 Å². The molecule has 1 aromatic carbocycles. The van der Waals surface area contributed by atoms with Gasteiger partial charge in [0.1, 0.15) is 0 Å². The summed E-state index contributed by atoms with van der Waals surface area (Å²) in [6, 6.07) is 2.26. The maximum absolute atomic E-state index is 12.5. The minimum Gasteiger partial charge on any atom is -0.264 e. The number of hydrogen-bond donors (Lipinski definition) is 0. The fraction of sp³-hybridized carbons (Fsp3) is 0.333. The summed E-state index contributed by atoms with van der Waals surface area (Å²) in [7, 11) is 0. The van der Waals surface area contributed by atoms with Crippen LogP contribution in [0.25, 0.3) is 0 Å². The fourth-order valence-electron chi connectivity index (χ4n) is 1.41. The lowest BCUT2D eigenvalue weighted by molar-refractivity contribution is -0.498. The van der Waals surface area contributed by atoms with Crippen LogP contribution in [0.1, 0.15) is 16.7 Å². The predicted molar refractivity (Wildman–Crippen MR) is 52.8 cm³/mol. The maximum Gasteiger partial charge on any atom is 0.416 e. The Balaban J connectivity index is 3.19. The van der Waals surface area contributed by atoms with Crippen LogP contribution in [-0.4, -0.2) is 9.85 Å². The molecule has 0 amide bonds. The van der Waals surface area contributed by atoms with E-state index in [0.29, 0.717) is 12.1 Å². The van der Waals surface area contributed by atoms with Crippen LogP contribution < -0.4 is 0 Å². The Hall–Kier alpha value is -2.19. The van der Waals surface area contributed by atoms with E-state index in [1.807, 2.05) is 0 Å². The van der Waals surface area contributed by atoms with Crippen LogP contribution in [0.15, 0.2) is 18.2 Å². The fourth-order valence-corrected chi connectivity index (χ4v) is 1.41. The van der Waals surface area contributed by atoms with Gasteiger partial charge in [0.05, 0.1) is 5.56 Å². The lowest BCUT2D eigenvalue weighted by Crippen LogP contribution is -2.10. The number of hydrogen-bond acceptors (Lipinski definition) is 4. The smallest absolute Gasteiger partial charge is 0.264 e. The Kier molecular flexibility index (Phi) is 3.84. The highest BCUT2D eigenvalue weighted by molar-refractivity contribution is 5.31. The molecule has 9 heteroatoms. The van der Waals surface area contributed by atoms with Crippen molar-refractivity contribution >= 4 is 0 Å². The van der Waals surface area contributed by atoms with Gasteiger partial charge in [-0.3, -0.25) is 20.2 Å². The Morgan fingerprint density at radius 3 is 1.61 bits per heavy atom. The number of benzene rings is 1. The quantitative estimate of drug-likeness (QED) is 0.616. The van der Waals surface area contributed by atoms with Crippen LogP contribution >= 0.6 is 0 Å². The van der Waals surface area contributed by atoms with Gasteiger partial charge in [0.15, 0.2) is 0 Å². The summed E-state index contributed by atoms with van der Waals surface area (Å²) in [5, 5.41) is 20.5. The van der Waals surface area contributed by atoms with Gasteiger partial charge in [-0.25, -0.2) is 0 Å². The topological polar surface area (TPSA) is 86.3 Å². The van der Waals surface area contributed by atoms with E-state index in [2.05, 4.69) is 0 Å². The highest BCUT2D eigenvalue weighted by atomic mass is 19.4. The second kappa shape index (κ2) is 4.98. The Morgan fingerprint density at radius 1 is 0.944 bits per heavy atom. The third-order valence-electron chi connectivity index (χ3n) is 2.00. The minimum absolute atomic E-state index is 0.216.